The Labute approximate surface area is 129 Å². The first kappa shape index (κ1) is 17.3. The van der Waals surface area contributed by atoms with E-state index in [4.69, 9.17) is 9.47 Å². The largest absolute Gasteiger partial charge is 0.493 e. The molecule has 0 bridgehead atoms. The molecule has 5 heteroatoms. The molecule has 0 aliphatic rings. The summed E-state index contributed by atoms with van der Waals surface area (Å²) in [6.45, 7) is 7.51. The van der Waals surface area contributed by atoms with Crippen molar-refractivity contribution in [2.45, 2.75) is 33.4 Å². The van der Waals surface area contributed by atoms with Crippen molar-refractivity contribution in [1.82, 2.24) is 5.32 Å². The molecule has 0 aliphatic carbocycles. The zero-order valence-corrected chi connectivity index (χ0v) is 14.2. The van der Waals surface area contributed by atoms with Gasteiger partial charge in [0.2, 0.25) is 0 Å². The van der Waals surface area contributed by atoms with Crippen molar-refractivity contribution in [3.05, 3.63) is 22.2 Å². The predicted octanol–water partition coefficient (Wildman–Crippen LogP) is 2.96. The monoisotopic (exact) mass is 345 g/mol. The Morgan fingerprint density at radius 3 is 2.55 bits per heavy atom. The maximum Gasteiger partial charge on any atom is 0.175 e. The third-order valence-electron chi connectivity index (χ3n) is 3.15. The molecular formula is C15H24BrNO3. The van der Waals surface area contributed by atoms with Crippen LogP contribution in [-0.2, 0) is 6.54 Å². The van der Waals surface area contributed by atoms with E-state index < -0.39 is 0 Å². The molecular weight excluding hydrogens is 322 g/mol. The highest BCUT2D eigenvalue weighted by Crippen LogP contribution is 2.36. The van der Waals surface area contributed by atoms with E-state index in [2.05, 4.69) is 35.1 Å². The number of hydrogen-bond acceptors (Lipinski definition) is 4. The van der Waals surface area contributed by atoms with E-state index in [0.717, 1.165) is 15.8 Å². The summed E-state index contributed by atoms with van der Waals surface area (Å²) in [5, 5.41) is 12.7. The highest BCUT2D eigenvalue weighted by Gasteiger charge is 2.14. The topological polar surface area (TPSA) is 50.7 Å². The van der Waals surface area contributed by atoms with Gasteiger partial charge in [-0.3, -0.25) is 0 Å². The summed E-state index contributed by atoms with van der Waals surface area (Å²) in [4.78, 5) is 0. The highest BCUT2D eigenvalue weighted by atomic mass is 79.9. The van der Waals surface area contributed by atoms with Crippen molar-refractivity contribution in [3.8, 4) is 11.5 Å². The van der Waals surface area contributed by atoms with Crippen LogP contribution in [0, 0.1) is 5.92 Å². The number of nitrogens with one attached hydrogen (secondary N) is 1. The van der Waals surface area contributed by atoms with Gasteiger partial charge in [-0.15, -0.1) is 0 Å². The fourth-order valence-electron chi connectivity index (χ4n) is 1.92. The molecule has 2 N–H and O–H groups in total. The lowest BCUT2D eigenvalue weighted by Crippen LogP contribution is -2.36. The first-order valence-corrected chi connectivity index (χ1v) is 7.66. The molecule has 0 saturated carbocycles. The van der Waals surface area contributed by atoms with Crippen LogP contribution in [0.3, 0.4) is 0 Å². The SMILES string of the molecule is CCOc1c(Br)cc(CNC(CO)C(C)C)cc1OC. The predicted molar refractivity (Wildman–Crippen MR) is 84.4 cm³/mol. The van der Waals surface area contributed by atoms with Gasteiger partial charge in [-0.05, 0) is 46.5 Å². The second-order valence-electron chi connectivity index (χ2n) is 4.96. The van der Waals surface area contributed by atoms with Crippen LogP contribution >= 0.6 is 15.9 Å². The van der Waals surface area contributed by atoms with E-state index >= 15 is 0 Å². The molecule has 1 aromatic rings. The van der Waals surface area contributed by atoms with Crippen LogP contribution in [0.4, 0.5) is 0 Å². The molecule has 0 amide bonds. The smallest absolute Gasteiger partial charge is 0.175 e. The molecule has 114 valence electrons. The van der Waals surface area contributed by atoms with Gasteiger partial charge in [-0.25, -0.2) is 0 Å². The lowest BCUT2D eigenvalue weighted by Gasteiger charge is -2.20. The zero-order chi connectivity index (χ0) is 15.1. The maximum absolute atomic E-state index is 9.33. The molecule has 0 saturated heterocycles. The minimum atomic E-state index is 0.0892. The van der Waals surface area contributed by atoms with Crippen molar-refractivity contribution in [2.24, 2.45) is 5.92 Å². The highest BCUT2D eigenvalue weighted by molar-refractivity contribution is 9.10. The van der Waals surface area contributed by atoms with Gasteiger partial charge in [-0.2, -0.15) is 0 Å². The number of aliphatic hydroxyl groups excluding tert-OH is 1. The summed E-state index contributed by atoms with van der Waals surface area (Å²) < 4.78 is 11.8. The minimum Gasteiger partial charge on any atom is -0.493 e. The standard InChI is InChI=1S/C15H24BrNO3/c1-5-20-15-12(16)6-11(7-14(15)19-4)8-17-13(9-18)10(2)3/h6-7,10,13,17-18H,5,8-9H2,1-4H3. The van der Waals surface area contributed by atoms with Gasteiger partial charge in [0.25, 0.3) is 0 Å². The van der Waals surface area contributed by atoms with Crippen LogP contribution in [0.25, 0.3) is 0 Å². The average molecular weight is 346 g/mol. The molecule has 0 radical (unpaired) electrons. The molecule has 1 aromatic carbocycles. The molecule has 20 heavy (non-hydrogen) atoms. The van der Waals surface area contributed by atoms with Gasteiger partial charge in [-0.1, -0.05) is 13.8 Å². The molecule has 1 unspecified atom stereocenters. The van der Waals surface area contributed by atoms with Gasteiger partial charge >= 0.3 is 0 Å². The van der Waals surface area contributed by atoms with Crippen molar-refractivity contribution >= 4 is 15.9 Å². The van der Waals surface area contributed by atoms with E-state index in [9.17, 15) is 5.11 Å². The second kappa shape index (κ2) is 8.49. The van der Waals surface area contributed by atoms with Crippen LogP contribution in [-0.4, -0.2) is 31.5 Å². The van der Waals surface area contributed by atoms with Crippen molar-refractivity contribution in [1.29, 1.82) is 0 Å². The van der Waals surface area contributed by atoms with Gasteiger partial charge in [0, 0.05) is 12.6 Å². The average Bonchev–Trinajstić information content (AvgIpc) is 2.41. The number of ether oxygens (including phenoxy) is 2. The number of methoxy groups -OCH3 is 1. The molecule has 0 fully saturated rings. The third-order valence-corrected chi connectivity index (χ3v) is 3.74. The van der Waals surface area contributed by atoms with Crippen LogP contribution < -0.4 is 14.8 Å². The second-order valence-corrected chi connectivity index (χ2v) is 5.81. The fourth-order valence-corrected chi connectivity index (χ4v) is 2.52. The maximum atomic E-state index is 9.33. The molecule has 0 heterocycles. The van der Waals surface area contributed by atoms with Crippen LogP contribution in [0.1, 0.15) is 26.3 Å². The van der Waals surface area contributed by atoms with E-state index in [1.54, 1.807) is 7.11 Å². The summed E-state index contributed by atoms with van der Waals surface area (Å²) in [7, 11) is 1.63. The Bertz CT molecular complexity index is 424. The molecule has 0 spiro atoms. The minimum absolute atomic E-state index is 0.0892. The van der Waals surface area contributed by atoms with Crippen LogP contribution in [0.5, 0.6) is 11.5 Å². The number of aliphatic hydroxyl groups is 1. The summed E-state index contributed by atoms with van der Waals surface area (Å²) in [5.74, 6) is 1.82. The van der Waals surface area contributed by atoms with Crippen LogP contribution in [0.15, 0.2) is 16.6 Å². The van der Waals surface area contributed by atoms with E-state index in [0.29, 0.717) is 24.8 Å². The zero-order valence-electron chi connectivity index (χ0n) is 12.6. The number of hydrogen-bond donors (Lipinski definition) is 2. The fraction of sp³-hybridized carbons (Fsp3) is 0.600. The molecule has 4 nitrogen and oxygen atoms in total. The van der Waals surface area contributed by atoms with Gasteiger partial charge in [0.05, 0.1) is 24.8 Å². The number of benzene rings is 1. The first-order valence-electron chi connectivity index (χ1n) is 6.86. The van der Waals surface area contributed by atoms with Crippen molar-refractivity contribution in [2.75, 3.05) is 20.3 Å². The molecule has 1 atom stereocenters. The summed E-state index contributed by atoms with van der Waals surface area (Å²) in [6, 6.07) is 4.05. The lowest BCUT2D eigenvalue weighted by atomic mass is 10.0. The van der Waals surface area contributed by atoms with Gasteiger partial charge < -0.3 is 19.9 Å². The van der Waals surface area contributed by atoms with Gasteiger partial charge in [0.15, 0.2) is 11.5 Å². The summed E-state index contributed by atoms with van der Waals surface area (Å²) in [6.07, 6.45) is 0. The van der Waals surface area contributed by atoms with Crippen molar-refractivity contribution < 1.29 is 14.6 Å². The lowest BCUT2D eigenvalue weighted by molar-refractivity contribution is 0.210. The van der Waals surface area contributed by atoms with Gasteiger partial charge in [0.1, 0.15) is 0 Å². The Hall–Kier alpha value is -0.780. The summed E-state index contributed by atoms with van der Waals surface area (Å²) in [5.41, 5.74) is 1.08. The van der Waals surface area contributed by atoms with E-state index in [1.807, 2.05) is 19.1 Å². The quantitative estimate of drug-likeness (QED) is 0.760. The Kier molecular flexibility index (Phi) is 7.34. The molecule has 0 aliphatic heterocycles. The van der Waals surface area contributed by atoms with Crippen molar-refractivity contribution in [3.63, 3.8) is 0 Å². The Morgan fingerprint density at radius 2 is 2.05 bits per heavy atom. The normalized spacial score (nSPS) is 12.6. The summed E-state index contributed by atoms with van der Waals surface area (Å²) >= 11 is 3.51. The Balaban J connectivity index is 2.84. The Morgan fingerprint density at radius 1 is 1.35 bits per heavy atom. The number of rotatable bonds is 8. The number of halogens is 1. The first-order chi connectivity index (χ1) is 9.53. The van der Waals surface area contributed by atoms with E-state index in [-0.39, 0.29) is 12.6 Å². The molecule has 1 rings (SSSR count). The van der Waals surface area contributed by atoms with Crippen LogP contribution in [0.2, 0.25) is 0 Å². The van der Waals surface area contributed by atoms with E-state index in [1.165, 1.54) is 0 Å². The molecule has 0 aromatic heterocycles. The third kappa shape index (κ3) is 4.65.